The number of hydrazone groups is 1. The van der Waals surface area contributed by atoms with Crippen molar-refractivity contribution in [3.63, 3.8) is 0 Å². The molecule has 2 aromatic heterocycles. The molecule has 168 valence electrons. The molecule has 10 heteroatoms. The maximum absolute atomic E-state index is 13.0. The Balaban J connectivity index is 1.77. The van der Waals surface area contributed by atoms with Gasteiger partial charge in [-0.3, -0.25) is 18.5 Å². The van der Waals surface area contributed by atoms with Crippen LogP contribution in [0.5, 0.6) is 0 Å². The molecule has 1 N–H and O–H groups in total. The van der Waals surface area contributed by atoms with Gasteiger partial charge in [0.25, 0.3) is 5.56 Å². The van der Waals surface area contributed by atoms with E-state index in [4.69, 9.17) is 11.6 Å². The average molecular weight is 528 g/mol. The van der Waals surface area contributed by atoms with Gasteiger partial charge in [-0.25, -0.2) is 10.2 Å². The number of anilines is 1. The molecule has 2 heterocycles. The molecule has 33 heavy (non-hydrogen) atoms. The third-order valence-corrected chi connectivity index (χ3v) is 5.89. The van der Waals surface area contributed by atoms with Crippen LogP contribution in [0.2, 0.25) is 5.02 Å². The molecule has 4 aromatic rings. The normalized spacial score (nSPS) is 12.1. The number of nitrogens with zero attached hydrogens (tertiary/aromatic N) is 5. The Bertz CT molecular complexity index is 1500. The van der Waals surface area contributed by atoms with E-state index >= 15 is 0 Å². The van der Waals surface area contributed by atoms with Gasteiger partial charge in [0.2, 0.25) is 5.95 Å². The molecule has 0 saturated heterocycles. The van der Waals surface area contributed by atoms with Crippen molar-refractivity contribution in [2.75, 3.05) is 5.43 Å². The van der Waals surface area contributed by atoms with Crippen molar-refractivity contribution in [1.29, 1.82) is 0 Å². The lowest BCUT2D eigenvalue weighted by atomic mass is 10.2. The van der Waals surface area contributed by atoms with Gasteiger partial charge in [0, 0.05) is 23.6 Å². The number of imidazole rings is 1. The fourth-order valence-corrected chi connectivity index (χ4v) is 3.94. The number of halogens is 2. The molecule has 0 bridgehead atoms. The Morgan fingerprint density at radius 2 is 1.79 bits per heavy atom. The van der Waals surface area contributed by atoms with Crippen LogP contribution in [0.4, 0.5) is 5.95 Å². The van der Waals surface area contributed by atoms with E-state index in [0.717, 1.165) is 20.2 Å². The molecule has 0 spiro atoms. The lowest BCUT2D eigenvalue weighted by molar-refractivity contribution is 0.702. The van der Waals surface area contributed by atoms with E-state index in [1.165, 1.54) is 11.6 Å². The summed E-state index contributed by atoms with van der Waals surface area (Å²) in [5, 5.41) is 4.82. The Hall–Kier alpha value is -3.43. The Kier molecular flexibility index (Phi) is 6.62. The van der Waals surface area contributed by atoms with Crippen LogP contribution in [-0.2, 0) is 20.6 Å². The summed E-state index contributed by atoms with van der Waals surface area (Å²) in [5.74, 6) is 0.305. The van der Waals surface area contributed by atoms with Crippen LogP contribution < -0.4 is 16.7 Å². The summed E-state index contributed by atoms with van der Waals surface area (Å²) in [6, 6.07) is 17.1. The molecule has 0 aliphatic carbocycles. The average Bonchev–Trinajstić information content (AvgIpc) is 3.16. The fourth-order valence-electron chi connectivity index (χ4n) is 3.38. The van der Waals surface area contributed by atoms with E-state index in [2.05, 4.69) is 31.4 Å². The van der Waals surface area contributed by atoms with Crippen LogP contribution in [0.15, 0.2) is 73.8 Å². The molecular formula is C23H20BrClN6O2. The molecule has 0 aliphatic heterocycles. The van der Waals surface area contributed by atoms with Gasteiger partial charge in [0.1, 0.15) is 0 Å². The predicted molar refractivity (Wildman–Crippen MR) is 136 cm³/mol. The van der Waals surface area contributed by atoms with Crippen molar-refractivity contribution in [2.45, 2.75) is 6.54 Å². The number of hydrogen-bond donors (Lipinski definition) is 1. The first-order chi connectivity index (χ1) is 15.9. The zero-order valence-electron chi connectivity index (χ0n) is 17.9. The Morgan fingerprint density at radius 3 is 2.52 bits per heavy atom. The molecule has 0 saturated carbocycles. The lowest BCUT2D eigenvalue weighted by Gasteiger charge is -2.10. The third-order valence-electron chi connectivity index (χ3n) is 5.09. The van der Waals surface area contributed by atoms with E-state index in [0.29, 0.717) is 11.0 Å². The highest BCUT2D eigenvalue weighted by Gasteiger charge is 2.19. The summed E-state index contributed by atoms with van der Waals surface area (Å²) in [7, 11) is 3.01. The van der Waals surface area contributed by atoms with Gasteiger partial charge in [0.05, 0.1) is 12.8 Å². The summed E-state index contributed by atoms with van der Waals surface area (Å²) in [6.45, 7) is 0.266. The second-order valence-corrected chi connectivity index (χ2v) is 8.62. The number of allylic oxidation sites excluding steroid dienone is 1. The van der Waals surface area contributed by atoms with E-state index in [1.54, 1.807) is 23.9 Å². The van der Waals surface area contributed by atoms with Gasteiger partial charge < -0.3 is 0 Å². The van der Waals surface area contributed by atoms with Crippen molar-refractivity contribution >= 4 is 56.9 Å². The molecule has 0 atom stereocenters. The number of hydrogen-bond acceptors (Lipinski definition) is 5. The van der Waals surface area contributed by atoms with Gasteiger partial charge in [-0.2, -0.15) is 10.1 Å². The first-order valence-electron chi connectivity index (χ1n) is 9.98. The molecule has 4 rings (SSSR count). The van der Waals surface area contributed by atoms with Crippen LogP contribution in [0.1, 0.15) is 11.1 Å². The summed E-state index contributed by atoms with van der Waals surface area (Å²) >= 11 is 9.83. The number of fused-ring (bicyclic) bond motifs is 1. The second kappa shape index (κ2) is 9.60. The fraction of sp³-hybridized carbons (Fsp3) is 0.130. The highest BCUT2D eigenvalue weighted by Crippen LogP contribution is 2.22. The smallest absolute Gasteiger partial charge is 0.298 e. The van der Waals surface area contributed by atoms with Crippen molar-refractivity contribution in [3.05, 3.63) is 96.1 Å². The van der Waals surface area contributed by atoms with E-state index in [1.807, 2.05) is 54.6 Å². The van der Waals surface area contributed by atoms with Crippen LogP contribution >= 0.6 is 27.5 Å². The molecule has 8 nitrogen and oxygen atoms in total. The molecule has 0 radical (unpaired) electrons. The standard InChI is InChI=1S/C23H20BrClN6O2/c1-29-20-19(21(32)30(2)23(29)33)31(14-16-10-6-7-11-18(16)25)22(27-20)28-26-13-17(24)12-15-8-4-3-5-9-15/h3-13H,14H2,1-2H3,(H,27,28)/b17-12-,26-13+. The number of rotatable bonds is 6. The first kappa shape index (κ1) is 22.8. The van der Waals surface area contributed by atoms with Gasteiger partial charge in [-0.1, -0.05) is 60.1 Å². The monoisotopic (exact) mass is 526 g/mol. The van der Waals surface area contributed by atoms with Crippen LogP contribution in [0, 0.1) is 0 Å². The summed E-state index contributed by atoms with van der Waals surface area (Å²) in [5.41, 5.74) is 4.33. The van der Waals surface area contributed by atoms with Crippen molar-refractivity contribution in [1.82, 2.24) is 18.7 Å². The summed E-state index contributed by atoms with van der Waals surface area (Å²) in [4.78, 5) is 29.9. The maximum atomic E-state index is 13.0. The second-order valence-electron chi connectivity index (χ2n) is 7.30. The number of aromatic nitrogens is 4. The molecule has 0 amide bonds. The minimum Gasteiger partial charge on any atom is -0.298 e. The predicted octanol–water partition coefficient (Wildman–Crippen LogP) is 3.97. The quantitative estimate of drug-likeness (QED) is 0.304. The number of benzene rings is 2. The van der Waals surface area contributed by atoms with Gasteiger partial charge >= 0.3 is 5.69 Å². The van der Waals surface area contributed by atoms with E-state index < -0.39 is 11.2 Å². The summed E-state index contributed by atoms with van der Waals surface area (Å²) < 4.78 is 4.79. The minimum absolute atomic E-state index is 0.256. The molecule has 2 aromatic carbocycles. The van der Waals surface area contributed by atoms with Crippen LogP contribution in [0.25, 0.3) is 17.2 Å². The molecule has 0 fully saturated rings. The zero-order valence-corrected chi connectivity index (χ0v) is 20.2. The Morgan fingerprint density at radius 1 is 1.09 bits per heavy atom. The molecule has 0 unspecified atom stereocenters. The maximum Gasteiger partial charge on any atom is 0.332 e. The van der Waals surface area contributed by atoms with Crippen LogP contribution in [0.3, 0.4) is 0 Å². The summed E-state index contributed by atoms with van der Waals surface area (Å²) in [6.07, 6.45) is 3.50. The highest BCUT2D eigenvalue weighted by molar-refractivity contribution is 9.12. The van der Waals surface area contributed by atoms with Gasteiger partial charge in [0.15, 0.2) is 11.2 Å². The van der Waals surface area contributed by atoms with E-state index in [9.17, 15) is 9.59 Å². The number of nitrogens with one attached hydrogen (secondary N) is 1. The largest absolute Gasteiger partial charge is 0.332 e. The van der Waals surface area contributed by atoms with Crippen LogP contribution in [-0.4, -0.2) is 24.9 Å². The van der Waals surface area contributed by atoms with Gasteiger partial charge in [-0.15, -0.1) is 0 Å². The Labute approximate surface area is 202 Å². The number of aryl methyl sites for hydroxylation is 1. The molecule has 0 aliphatic rings. The van der Waals surface area contributed by atoms with Crippen molar-refractivity contribution in [3.8, 4) is 0 Å². The topological polar surface area (TPSA) is 86.2 Å². The minimum atomic E-state index is -0.460. The van der Waals surface area contributed by atoms with E-state index in [-0.39, 0.29) is 17.7 Å². The zero-order chi connectivity index (χ0) is 23.5. The lowest BCUT2D eigenvalue weighted by Crippen LogP contribution is -2.37. The van der Waals surface area contributed by atoms with Gasteiger partial charge in [-0.05, 0) is 39.2 Å². The third kappa shape index (κ3) is 4.69. The SMILES string of the molecule is Cn1c(=O)c2c(nc(N/N=C/C(Br)=C/c3ccccc3)n2Cc2ccccc2Cl)n(C)c1=O. The highest BCUT2D eigenvalue weighted by atomic mass is 79.9. The first-order valence-corrected chi connectivity index (χ1v) is 11.1. The molecular weight excluding hydrogens is 508 g/mol. The van der Waals surface area contributed by atoms with Crippen molar-refractivity contribution < 1.29 is 0 Å². The van der Waals surface area contributed by atoms with Crippen molar-refractivity contribution in [2.24, 2.45) is 19.2 Å².